The number of nitrogens with zero attached hydrogens (tertiary/aromatic N) is 1. The topological polar surface area (TPSA) is 99.4 Å². The van der Waals surface area contributed by atoms with Gasteiger partial charge in [0.25, 0.3) is 0 Å². The fraction of sp³-hybridized carbons (Fsp3) is 0.318. The molecule has 1 amide bonds. The van der Waals surface area contributed by atoms with Crippen LogP contribution in [0.2, 0.25) is 0 Å². The molecule has 1 unspecified atom stereocenters. The van der Waals surface area contributed by atoms with E-state index in [9.17, 15) is 14.7 Å². The Bertz CT molecular complexity index is 889. The Morgan fingerprint density at radius 1 is 1.14 bits per heavy atom. The van der Waals surface area contributed by atoms with Crippen molar-refractivity contribution >= 4 is 12.1 Å². The summed E-state index contributed by atoms with van der Waals surface area (Å²) in [5.41, 5.74) is 2.95. The molecule has 3 rings (SSSR count). The first-order valence-corrected chi connectivity index (χ1v) is 9.20. The van der Waals surface area contributed by atoms with Gasteiger partial charge in [0, 0.05) is 12.3 Å². The number of carboxylic acid groups (broad SMARTS) is 1. The van der Waals surface area contributed by atoms with Gasteiger partial charge >= 0.3 is 12.1 Å². The van der Waals surface area contributed by atoms with Crippen LogP contribution in [0.1, 0.15) is 43.2 Å². The number of unbranched alkanes of at least 4 members (excludes halogenated alkanes) is 1. The summed E-state index contributed by atoms with van der Waals surface area (Å²) in [5.74, 6) is -1.24. The largest absolute Gasteiger partial charge is 0.480 e. The SMILES string of the molecule is CC(CCCC#N)(NC(=O)OCC1c2ccccc2-c2ccccc21)C(=O)O. The Labute approximate surface area is 163 Å². The Kier molecular flexibility index (Phi) is 5.65. The standard InChI is InChI=1S/C22H22N2O4/c1-22(20(25)26,12-6-7-13-23)24-21(27)28-14-19-17-10-4-2-8-15(17)16-9-3-5-11-18(16)19/h2-5,8-11,19H,6-7,12,14H2,1H3,(H,24,27)(H,25,26). The highest BCUT2D eigenvalue weighted by Gasteiger charge is 2.35. The number of hydrogen-bond donors (Lipinski definition) is 2. The van der Waals surface area contributed by atoms with Crippen molar-refractivity contribution in [3.05, 3.63) is 59.7 Å². The lowest BCUT2D eigenvalue weighted by atomic mass is 9.95. The van der Waals surface area contributed by atoms with Crippen LogP contribution in [0.15, 0.2) is 48.5 Å². The van der Waals surface area contributed by atoms with Crippen molar-refractivity contribution in [3.8, 4) is 17.2 Å². The van der Waals surface area contributed by atoms with E-state index in [0.29, 0.717) is 6.42 Å². The summed E-state index contributed by atoms with van der Waals surface area (Å²) in [6.45, 7) is 1.54. The summed E-state index contributed by atoms with van der Waals surface area (Å²) in [5, 5.41) is 20.6. The molecule has 0 heterocycles. The van der Waals surface area contributed by atoms with E-state index in [4.69, 9.17) is 10.00 Å². The van der Waals surface area contributed by atoms with Crippen LogP contribution in [-0.4, -0.2) is 29.3 Å². The molecule has 1 atom stereocenters. The Hall–Kier alpha value is -3.33. The third-order valence-corrected chi connectivity index (χ3v) is 5.16. The van der Waals surface area contributed by atoms with E-state index in [1.807, 2.05) is 54.6 Å². The Morgan fingerprint density at radius 2 is 1.71 bits per heavy atom. The molecule has 6 heteroatoms. The lowest BCUT2D eigenvalue weighted by molar-refractivity contribution is -0.144. The first-order valence-electron chi connectivity index (χ1n) is 9.20. The number of carbonyl (C=O) groups is 2. The lowest BCUT2D eigenvalue weighted by Gasteiger charge is -2.26. The fourth-order valence-corrected chi connectivity index (χ4v) is 3.60. The van der Waals surface area contributed by atoms with Crippen molar-refractivity contribution in [1.29, 1.82) is 5.26 Å². The summed E-state index contributed by atoms with van der Waals surface area (Å²) in [6.07, 6.45) is -0.0121. The average Bonchev–Trinajstić information content (AvgIpc) is 3.00. The van der Waals surface area contributed by atoms with E-state index in [1.54, 1.807) is 0 Å². The van der Waals surface area contributed by atoms with Crippen LogP contribution < -0.4 is 5.32 Å². The molecule has 28 heavy (non-hydrogen) atoms. The number of carbonyl (C=O) groups excluding carboxylic acids is 1. The van der Waals surface area contributed by atoms with E-state index in [1.165, 1.54) is 6.92 Å². The molecule has 0 radical (unpaired) electrons. The molecule has 0 aromatic heterocycles. The molecule has 0 saturated heterocycles. The molecule has 0 bridgehead atoms. The molecule has 144 valence electrons. The van der Waals surface area contributed by atoms with E-state index >= 15 is 0 Å². The highest BCUT2D eigenvalue weighted by Crippen LogP contribution is 2.44. The molecule has 1 aliphatic carbocycles. The number of hydrogen-bond acceptors (Lipinski definition) is 4. The maximum atomic E-state index is 12.3. The quantitative estimate of drug-likeness (QED) is 0.708. The van der Waals surface area contributed by atoms with E-state index < -0.39 is 17.6 Å². The van der Waals surface area contributed by atoms with Gasteiger partial charge in [-0.15, -0.1) is 0 Å². The lowest BCUT2D eigenvalue weighted by Crippen LogP contribution is -2.52. The van der Waals surface area contributed by atoms with Crippen LogP contribution in [0.5, 0.6) is 0 Å². The summed E-state index contributed by atoms with van der Waals surface area (Å²) >= 11 is 0. The smallest absolute Gasteiger partial charge is 0.408 e. The van der Waals surface area contributed by atoms with Crippen molar-refractivity contribution in [2.24, 2.45) is 0 Å². The number of nitrogens with one attached hydrogen (secondary N) is 1. The zero-order valence-electron chi connectivity index (χ0n) is 15.6. The van der Waals surface area contributed by atoms with Crippen LogP contribution in [-0.2, 0) is 9.53 Å². The second-order valence-electron chi connectivity index (χ2n) is 7.10. The van der Waals surface area contributed by atoms with E-state index in [-0.39, 0.29) is 25.4 Å². The van der Waals surface area contributed by atoms with Gasteiger partial charge in [-0.1, -0.05) is 48.5 Å². The highest BCUT2D eigenvalue weighted by molar-refractivity contribution is 5.84. The van der Waals surface area contributed by atoms with Crippen LogP contribution in [0.25, 0.3) is 11.1 Å². The van der Waals surface area contributed by atoms with Gasteiger partial charge in [-0.2, -0.15) is 5.26 Å². The van der Waals surface area contributed by atoms with Gasteiger partial charge in [0.2, 0.25) is 0 Å². The van der Waals surface area contributed by atoms with Crippen molar-refractivity contribution in [1.82, 2.24) is 5.32 Å². The van der Waals surface area contributed by atoms with Gasteiger partial charge in [0.05, 0.1) is 6.07 Å². The molecule has 0 spiro atoms. The highest BCUT2D eigenvalue weighted by atomic mass is 16.5. The number of benzene rings is 2. The Balaban J connectivity index is 1.69. The maximum absolute atomic E-state index is 12.3. The van der Waals surface area contributed by atoms with Gasteiger partial charge in [-0.25, -0.2) is 9.59 Å². The maximum Gasteiger partial charge on any atom is 0.408 e. The van der Waals surface area contributed by atoms with Crippen LogP contribution in [0.3, 0.4) is 0 Å². The number of carboxylic acids is 1. The third-order valence-electron chi connectivity index (χ3n) is 5.16. The number of rotatable bonds is 7. The first-order chi connectivity index (χ1) is 13.5. The molecule has 2 N–H and O–H groups in total. The van der Waals surface area contributed by atoms with Crippen molar-refractivity contribution in [2.75, 3.05) is 6.61 Å². The zero-order valence-corrected chi connectivity index (χ0v) is 15.6. The number of aliphatic carboxylic acids is 1. The molecule has 6 nitrogen and oxygen atoms in total. The number of alkyl carbamates (subject to hydrolysis) is 1. The zero-order chi connectivity index (χ0) is 20.1. The minimum atomic E-state index is -1.47. The van der Waals surface area contributed by atoms with Crippen molar-refractivity contribution < 1.29 is 19.4 Å². The minimum Gasteiger partial charge on any atom is -0.480 e. The number of ether oxygens (including phenoxy) is 1. The van der Waals surface area contributed by atoms with Crippen molar-refractivity contribution in [3.63, 3.8) is 0 Å². The van der Waals surface area contributed by atoms with Gasteiger partial charge in [-0.3, -0.25) is 0 Å². The number of amides is 1. The van der Waals surface area contributed by atoms with E-state index in [2.05, 4.69) is 5.32 Å². The summed E-state index contributed by atoms with van der Waals surface area (Å²) < 4.78 is 5.41. The molecule has 1 aliphatic rings. The average molecular weight is 378 g/mol. The minimum absolute atomic E-state index is 0.0900. The van der Waals surface area contributed by atoms with Gasteiger partial charge in [0.1, 0.15) is 12.1 Å². The molecule has 2 aromatic carbocycles. The molecule has 2 aromatic rings. The predicted octanol–water partition coefficient (Wildman–Crippen LogP) is 4.06. The monoisotopic (exact) mass is 378 g/mol. The Morgan fingerprint density at radius 3 is 2.25 bits per heavy atom. The second kappa shape index (κ2) is 8.13. The number of fused-ring (bicyclic) bond motifs is 3. The molecular weight excluding hydrogens is 356 g/mol. The second-order valence-corrected chi connectivity index (χ2v) is 7.10. The molecule has 0 fully saturated rings. The normalized spacial score (nSPS) is 14.3. The van der Waals surface area contributed by atoms with Crippen LogP contribution in [0.4, 0.5) is 4.79 Å². The molecule has 0 saturated carbocycles. The first kappa shape index (κ1) is 19.4. The van der Waals surface area contributed by atoms with Crippen molar-refractivity contribution in [2.45, 2.75) is 37.6 Å². The van der Waals surface area contributed by atoms with Crippen LogP contribution >= 0.6 is 0 Å². The van der Waals surface area contributed by atoms with Gasteiger partial charge in [-0.05, 0) is 42.0 Å². The third kappa shape index (κ3) is 3.84. The summed E-state index contributed by atoms with van der Waals surface area (Å²) in [4.78, 5) is 23.9. The van der Waals surface area contributed by atoms with Gasteiger partial charge in [0.15, 0.2) is 0 Å². The molecule has 0 aliphatic heterocycles. The van der Waals surface area contributed by atoms with Crippen LogP contribution in [0, 0.1) is 11.3 Å². The van der Waals surface area contributed by atoms with E-state index in [0.717, 1.165) is 22.3 Å². The molecular formula is C22H22N2O4. The predicted molar refractivity (Wildman–Crippen MR) is 104 cm³/mol. The summed E-state index contributed by atoms with van der Waals surface area (Å²) in [6, 6.07) is 18.0. The number of nitriles is 1. The van der Waals surface area contributed by atoms with Gasteiger partial charge < -0.3 is 15.2 Å². The fourth-order valence-electron chi connectivity index (χ4n) is 3.60. The summed E-state index contributed by atoms with van der Waals surface area (Å²) in [7, 11) is 0.